The highest BCUT2D eigenvalue weighted by Gasteiger charge is 2.14. The smallest absolute Gasteiger partial charge is 0.320 e. The molecule has 14 N–H and O–H groups in total. The number of nitrogens with one attached hydrogen (secondary N) is 1. The van der Waals surface area contributed by atoms with Crippen molar-refractivity contribution in [3.8, 4) is 0 Å². The Morgan fingerprint density at radius 2 is 1.70 bits per heavy atom. The molecule has 0 aliphatic heterocycles. The number of H-pyrrole nitrogens is 1. The summed E-state index contributed by atoms with van der Waals surface area (Å²) >= 11 is 0. The van der Waals surface area contributed by atoms with Gasteiger partial charge in [-0.3, -0.25) is 4.79 Å². The number of carboxylic acid groups (broad SMARTS) is 1. The molecule has 0 spiro atoms. The summed E-state index contributed by atoms with van der Waals surface area (Å²) in [6.45, 7) is 0. The van der Waals surface area contributed by atoms with Gasteiger partial charge in [0, 0.05) is 23.5 Å². The van der Waals surface area contributed by atoms with Gasteiger partial charge in [-0.2, -0.15) is 0 Å². The zero-order valence-electron chi connectivity index (χ0n) is 10.6. The molecule has 0 aliphatic rings. The van der Waals surface area contributed by atoms with Crippen LogP contribution in [0.15, 0.2) is 30.5 Å². The van der Waals surface area contributed by atoms with Crippen LogP contribution >= 0.6 is 0 Å². The first kappa shape index (κ1) is 26.5. The van der Waals surface area contributed by atoms with Crippen LogP contribution in [0.1, 0.15) is 5.56 Å². The van der Waals surface area contributed by atoms with Crippen LogP contribution in [0, 0.1) is 0 Å². The minimum absolute atomic E-state index is 0. The Morgan fingerprint density at radius 3 is 2.25 bits per heavy atom. The summed E-state index contributed by atoms with van der Waals surface area (Å²) in [6.07, 6.45) is 2.16. The lowest BCUT2D eigenvalue weighted by atomic mass is 10.1. The molecule has 1 unspecified atom stereocenters. The fourth-order valence-corrected chi connectivity index (χ4v) is 1.62. The predicted octanol–water partition coefficient (Wildman–Crippen LogP) is -3.00. The third kappa shape index (κ3) is 5.32. The van der Waals surface area contributed by atoms with Gasteiger partial charge in [-0.05, 0) is 11.6 Å². The fraction of sp³-hybridized carbons (Fsp3) is 0.182. The van der Waals surface area contributed by atoms with Crippen molar-refractivity contribution in [1.82, 2.24) is 4.98 Å². The van der Waals surface area contributed by atoms with E-state index >= 15 is 0 Å². The van der Waals surface area contributed by atoms with Gasteiger partial charge in [-0.15, -0.1) is 0 Å². The van der Waals surface area contributed by atoms with E-state index in [9.17, 15) is 4.79 Å². The van der Waals surface area contributed by atoms with Gasteiger partial charge in [-0.1, -0.05) is 18.2 Å². The molecule has 0 aliphatic carbocycles. The van der Waals surface area contributed by atoms with Crippen LogP contribution in [0.3, 0.4) is 0 Å². The van der Waals surface area contributed by atoms with Gasteiger partial charge in [-0.25, -0.2) is 0 Å². The lowest BCUT2D eigenvalue weighted by Crippen LogP contribution is -2.32. The van der Waals surface area contributed by atoms with Gasteiger partial charge in [0.05, 0.1) is 0 Å². The summed E-state index contributed by atoms with van der Waals surface area (Å²) in [7, 11) is 0. The Hall–Kier alpha value is -2.01. The molecule has 2 rings (SSSR count). The molecule has 0 radical (unpaired) electrons. The lowest BCUT2D eigenvalue weighted by Gasteiger charge is -2.04. The van der Waals surface area contributed by atoms with Crippen molar-refractivity contribution in [3.05, 3.63) is 36.0 Å². The normalized spacial score (nSPS) is 9.65. The van der Waals surface area contributed by atoms with Crippen molar-refractivity contribution in [2.45, 2.75) is 12.5 Å². The zero-order chi connectivity index (χ0) is 10.8. The van der Waals surface area contributed by atoms with Gasteiger partial charge < -0.3 is 43.2 Å². The summed E-state index contributed by atoms with van der Waals surface area (Å²) in [4.78, 5) is 13.7. The number of aromatic amines is 1. The second kappa shape index (κ2) is 10.9. The first-order chi connectivity index (χ1) is 7.18. The Labute approximate surface area is 114 Å². The van der Waals surface area contributed by atoms with Crippen LogP contribution in [0.4, 0.5) is 0 Å². The maximum Gasteiger partial charge on any atom is 0.320 e. The van der Waals surface area contributed by atoms with Crippen molar-refractivity contribution in [2.75, 3.05) is 0 Å². The highest BCUT2D eigenvalue weighted by molar-refractivity contribution is 5.84. The van der Waals surface area contributed by atoms with Crippen LogP contribution < -0.4 is 5.73 Å². The minimum atomic E-state index is -0.972. The Balaban J connectivity index is -0.000000256. The molecule has 0 saturated heterocycles. The Kier molecular flexibility index (Phi) is 14.4. The summed E-state index contributed by atoms with van der Waals surface area (Å²) in [5, 5.41) is 9.75. The quantitative estimate of drug-likeness (QED) is 0.536. The molecule has 1 aromatic carbocycles. The third-order valence-corrected chi connectivity index (χ3v) is 2.43. The summed E-state index contributed by atoms with van der Waals surface area (Å²) < 4.78 is 0. The van der Waals surface area contributed by atoms with E-state index in [4.69, 9.17) is 10.8 Å². The monoisotopic (exact) mass is 294 g/mol. The second-order valence-corrected chi connectivity index (χ2v) is 3.51. The number of hydrogen-bond acceptors (Lipinski definition) is 2. The molecule has 0 saturated carbocycles. The molecule has 9 heteroatoms. The maximum atomic E-state index is 10.6. The number of para-hydroxylation sites is 1. The predicted molar refractivity (Wildman–Crippen MR) is 75.7 cm³/mol. The molecule has 1 aromatic heterocycles. The van der Waals surface area contributed by atoms with Crippen LogP contribution in [0.25, 0.3) is 10.9 Å². The minimum Gasteiger partial charge on any atom is -0.480 e. The molecule has 9 nitrogen and oxygen atoms in total. The fourth-order valence-electron chi connectivity index (χ4n) is 1.62. The highest BCUT2D eigenvalue weighted by atomic mass is 16.4. The molecule has 0 amide bonds. The van der Waals surface area contributed by atoms with Crippen molar-refractivity contribution in [3.63, 3.8) is 0 Å². The Morgan fingerprint density at radius 1 is 1.15 bits per heavy atom. The SMILES string of the molecule is NC(Cc1c[nH]c2ccccc12)C(=O)O.O.O.O.O.O. The molecule has 1 atom stereocenters. The van der Waals surface area contributed by atoms with E-state index in [2.05, 4.69) is 4.98 Å². The van der Waals surface area contributed by atoms with Gasteiger partial charge in [0.15, 0.2) is 0 Å². The van der Waals surface area contributed by atoms with E-state index in [1.54, 1.807) is 0 Å². The average molecular weight is 294 g/mol. The molecule has 20 heavy (non-hydrogen) atoms. The van der Waals surface area contributed by atoms with E-state index in [1.165, 1.54) is 0 Å². The van der Waals surface area contributed by atoms with E-state index in [0.29, 0.717) is 6.42 Å². The van der Waals surface area contributed by atoms with Crippen molar-refractivity contribution < 1.29 is 37.3 Å². The van der Waals surface area contributed by atoms with Crippen LogP contribution in [0.2, 0.25) is 0 Å². The summed E-state index contributed by atoms with van der Waals surface area (Å²) in [6, 6.07) is 6.91. The van der Waals surface area contributed by atoms with Crippen LogP contribution in [-0.4, -0.2) is 49.5 Å². The van der Waals surface area contributed by atoms with Crippen molar-refractivity contribution in [1.29, 1.82) is 0 Å². The van der Waals surface area contributed by atoms with Crippen molar-refractivity contribution >= 4 is 16.9 Å². The number of aromatic nitrogens is 1. The van der Waals surface area contributed by atoms with Crippen molar-refractivity contribution in [2.24, 2.45) is 5.73 Å². The van der Waals surface area contributed by atoms with E-state index in [0.717, 1.165) is 16.5 Å². The first-order valence-electron chi connectivity index (χ1n) is 4.72. The molecule has 0 bridgehead atoms. The third-order valence-electron chi connectivity index (χ3n) is 2.43. The lowest BCUT2D eigenvalue weighted by molar-refractivity contribution is -0.138. The van der Waals surface area contributed by atoms with Crippen LogP contribution in [0.5, 0.6) is 0 Å². The topological polar surface area (TPSA) is 237 Å². The van der Waals surface area contributed by atoms with Gasteiger partial charge in [0.2, 0.25) is 0 Å². The molecule has 118 valence electrons. The van der Waals surface area contributed by atoms with Gasteiger partial charge >= 0.3 is 5.97 Å². The largest absolute Gasteiger partial charge is 0.480 e. The number of hydrogen-bond donors (Lipinski definition) is 3. The zero-order valence-corrected chi connectivity index (χ0v) is 10.6. The number of carbonyl (C=O) groups is 1. The highest BCUT2D eigenvalue weighted by Crippen LogP contribution is 2.18. The number of fused-ring (bicyclic) bond motifs is 1. The number of carboxylic acids is 1. The van der Waals surface area contributed by atoms with Gasteiger partial charge in [0.25, 0.3) is 0 Å². The average Bonchev–Trinajstić information content (AvgIpc) is 2.62. The summed E-state index contributed by atoms with van der Waals surface area (Å²) in [5.41, 5.74) is 7.43. The molecular weight excluding hydrogens is 272 g/mol. The molecule has 1 heterocycles. The standard InChI is InChI=1S/C11H12N2O2.5H2O/c12-9(11(14)15)5-7-6-13-10-4-2-1-3-8(7)10;;;;;/h1-4,6,9,13H,5,12H2,(H,14,15);5*1H2. The number of benzene rings is 1. The van der Waals surface area contributed by atoms with Gasteiger partial charge in [0.1, 0.15) is 6.04 Å². The number of rotatable bonds is 3. The molecular formula is C11H22N2O7. The maximum absolute atomic E-state index is 10.6. The number of nitrogens with two attached hydrogens (primary N) is 1. The number of aliphatic carboxylic acids is 1. The van der Waals surface area contributed by atoms with E-state index in [1.807, 2.05) is 30.5 Å². The van der Waals surface area contributed by atoms with E-state index < -0.39 is 12.0 Å². The van der Waals surface area contributed by atoms with Crippen LogP contribution in [-0.2, 0) is 11.2 Å². The molecule has 2 aromatic rings. The molecule has 0 fully saturated rings. The second-order valence-electron chi connectivity index (χ2n) is 3.51. The summed E-state index contributed by atoms with van der Waals surface area (Å²) in [5.74, 6) is -0.972. The van der Waals surface area contributed by atoms with E-state index in [-0.39, 0.29) is 27.4 Å². The Bertz CT molecular complexity index is 500. The first-order valence-corrected chi connectivity index (χ1v) is 4.72.